The topological polar surface area (TPSA) is 67.2 Å². The van der Waals surface area contributed by atoms with Gasteiger partial charge in [0.05, 0.1) is 10.3 Å². The first-order chi connectivity index (χ1) is 8.03. The van der Waals surface area contributed by atoms with Crippen LogP contribution >= 0.6 is 0 Å². The van der Waals surface area contributed by atoms with Crippen LogP contribution in [0.25, 0.3) is 0 Å². The molecule has 5 nitrogen and oxygen atoms in total. The van der Waals surface area contributed by atoms with Crippen LogP contribution in [-0.2, 0) is 0 Å². The van der Waals surface area contributed by atoms with E-state index in [4.69, 9.17) is 0 Å². The summed E-state index contributed by atoms with van der Waals surface area (Å²) in [6, 6.07) is 0. The molecule has 18 heavy (non-hydrogen) atoms. The van der Waals surface area contributed by atoms with Crippen molar-refractivity contribution in [2.75, 3.05) is 6.54 Å². The van der Waals surface area contributed by atoms with Gasteiger partial charge >= 0.3 is 0 Å². The van der Waals surface area contributed by atoms with Gasteiger partial charge < -0.3 is 10.6 Å². The number of rotatable bonds is 3. The van der Waals surface area contributed by atoms with Crippen LogP contribution in [0, 0.1) is 20.9 Å². The van der Waals surface area contributed by atoms with Crippen molar-refractivity contribution in [1.82, 2.24) is 10.6 Å². The first-order valence-corrected chi connectivity index (χ1v) is 6.12. The Morgan fingerprint density at radius 1 is 1.44 bits per heavy atom. The Morgan fingerprint density at radius 3 is 2.44 bits per heavy atom. The van der Waals surface area contributed by atoms with Crippen molar-refractivity contribution in [3.8, 4) is 0 Å². The van der Waals surface area contributed by atoms with Gasteiger partial charge in [0.2, 0.25) is 0 Å². The second kappa shape index (κ2) is 4.63. The van der Waals surface area contributed by atoms with Gasteiger partial charge in [-0.1, -0.05) is 20.8 Å². The van der Waals surface area contributed by atoms with E-state index in [1.54, 1.807) is 0 Å². The predicted molar refractivity (Wildman–Crippen MR) is 72.2 cm³/mol. The lowest BCUT2D eigenvalue weighted by atomic mass is 9.86. The minimum absolute atomic E-state index is 0.0651. The lowest BCUT2D eigenvalue weighted by Crippen LogP contribution is -2.40. The highest BCUT2D eigenvalue weighted by Crippen LogP contribution is 2.33. The average Bonchev–Trinajstić information content (AvgIpc) is 2.09. The summed E-state index contributed by atoms with van der Waals surface area (Å²) >= 11 is 0. The van der Waals surface area contributed by atoms with Crippen LogP contribution in [0.15, 0.2) is 23.3 Å². The molecule has 0 aliphatic carbocycles. The summed E-state index contributed by atoms with van der Waals surface area (Å²) in [5.41, 5.74) is 0.619. The van der Waals surface area contributed by atoms with E-state index in [-0.39, 0.29) is 16.0 Å². The number of nitro groups is 1. The number of hydrogen-bond donors (Lipinski definition) is 2. The summed E-state index contributed by atoms with van der Waals surface area (Å²) in [6.45, 7) is 12.6. The van der Waals surface area contributed by atoms with E-state index in [1.807, 2.05) is 26.8 Å². The molecular formula is C13H23N3O2. The van der Waals surface area contributed by atoms with Gasteiger partial charge in [0.25, 0.3) is 5.70 Å². The molecule has 0 amide bonds. The summed E-state index contributed by atoms with van der Waals surface area (Å²) in [5, 5.41) is 17.5. The summed E-state index contributed by atoms with van der Waals surface area (Å²) in [7, 11) is 0. The zero-order chi connectivity index (χ0) is 14.1. The highest BCUT2D eigenvalue weighted by molar-refractivity contribution is 5.28. The van der Waals surface area contributed by atoms with E-state index in [9.17, 15) is 10.1 Å². The van der Waals surface area contributed by atoms with Crippen molar-refractivity contribution in [2.24, 2.45) is 10.8 Å². The van der Waals surface area contributed by atoms with E-state index in [0.717, 1.165) is 5.70 Å². The van der Waals surface area contributed by atoms with E-state index < -0.39 is 5.41 Å². The Balaban J connectivity index is 3.05. The van der Waals surface area contributed by atoms with Crippen molar-refractivity contribution in [2.45, 2.75) is 41.5 Å². The van der Waals surface area contributed by atoms with Gasteiger partial charge in [-0.25, -0.2) is 0 Å². The van der Waals surface area contributed by atoms with Crippen LogP contribution in [0.4, 0.5) is 0 Å². The van der Waals surface area contributed by atoms with Crippen LogP contribution in [-0.4, -0.2) is 11.5 Å². The molecule has 0 radical (unpaired) electrons. The fourth-order valence-corrected chi connectivity index (χ4v) is 2.03. The molecule has 0 bridgehead atoms. The number of nitrogens with zero attached hydrogens (tertiary/aromatic N) is 1. The molecular weight excluding hydrogens is 230 g/mol. The van der Waals surface area contributed by atoms with Crippen molar-refractivity contribution in [3.63, 3.8) is 0 Å². The fourth-order valence-electron chi connectivity index (χ4n) is 2.03. The molecule has 1 aliphatic rings. The van der Waals surface area contributed by atoms with Gasteiger partial charge in [-0.3, -0.25) is 10.1 Å². The maximum atomic E-state index is 11.2. The average molecular weight is 253 g/mol. The van der Waals surface area contributed by atoms with Crippen molar-refractivity contribution in [3.05, 3.63) is 33.4 Å². The summed E-state index contributed by atoms with van der Waals surface area (Å²) < 4.78 is 0. The number of allylic oxidation sites excluding steroid dienone is 2. The molecule has 0 unspecified atom stereocenters. The van der Waals surface area contributed by atoms with Gasteiger partial charge in [-0.05, 0) is 32.3 Å². The molecule has 0 atom stereocenters. The van der Waals surface area contributed by atoms with Crippen molar-refractivity contribution >= 4 is 0 Å². The Labute approximate surface area is 108 Å². The molecule has 1 rings (SSSR count). The van der Waals surface area contributed by atoms with Crippen LogP contribution < -0.4 is 10.6 Å². The van der Waals surface area contributed by atoms with Crippen LogP contribution in [0.3, 0.4) is 0 Å². The quantitative estimate of drug-likeness (QED) is 0.599. The molecule has 2 N–H and O–H groups in total. The normalized spacial score (nSPS) is 19.1. The third kappa shape index (κ3) is 3.48. The molecule has 102 valence electrons. The number of hydrogen-bond acceptors (Lipinski definition) is 4. The van der Waals surface area contributed by atoms with Gasteiger partial charge in [0.1, 0.15) is 0 Å². The minimum Gasteiger partial charge on any atom is -0.366 e. The van der Waals surface area contributed by atoms with Crippen LogP contribution in [0.5, 0.6) is 0 Å². The third-order valence-corrected chi connectivity index (χ3v) is 2.72. The molecule has 1 heterocycles. The zero-order valence-corrected chi connectivity index (χ0v) is 12.0. The highest BCUT2D eigenvalue weighted by atomic mass is 16.6. The lowest BCUT2D eigenvalue weighted by Gasteiger charge is -2.29. The first-order valence-electron chi connectivity index (χ1n) is 6.12. The zero-order valence-electron chi connectivity index (χ0n) is 12.0. The minimum atomic E-state index is -0.570. The predicted octanol–water partition coefficient (Wildman–Crippen LogP) is 2.60. The Hall–Kier alpha value is -1.52. The molecule has 0 fully saturated rings. The number of nitrogens with one attached hydrogen (secondary N) is 2. The molecule has 0 spiro atoms. The summed E-state index contributed by atoms with van der Waals surface area (Å²) in [4.78, 5) is 10.9. The summed E-state index contributed by atoms with van der Waals surface area (Å²) in [6.07, 6.45) is 1.88. The largest absolute Gasteiger partial charge is 0.366 e. The van der Waals surface area contributed by atoms with Crippen molar-refractivity contribution < 1.29 is 4.92 Å². The van der Waals surface area contributed by atoms with Gasteiger partial charge in [0.15, 0.2) is 5.82 Å². The second-order valence-electron chi connectivity index (χ2n) is 6.57. The summed E-state index contributed by atoms with van der Waals surface area (Å²) in [5.74, 6) is 0.514. The second-order valence-corrected chi connectivity index (χ2v) is 6.57. The maximum Gasteiger partial charge on any atom is 0.295 e. The Morgan fingerprint density at radius 2 is 2.00 bits per heavy atom. The first kappa shape index (κ1) is 14.5. The van der Waals surface area contributed by atoms with E-state index in [2.05, 4.69) is 31.4 Å². The van der Waals surface area contributed by atoms with Crippen LogP contribution in [0.2, 0.25) is 0 Å². The highest BCUT2D eigenvalue weighted by Gasteiger charge is 2.38. The smallest absolute Gasteiger partial charge is 0.295 e. The standard InChI is InChI=1S/C13H23N3O2/c1-9-7-13(5,6)10(16(17)18)11(15-9)14-8-12(2,3)4/h7,14-15H,8H2,1-6H3. The molecule has 1 aliphatic heterocycles. The van der Waals surface area contributed by atoms with Crippen molar-refractivity contribution in [1.29, 1.82) is 0 Å². The van der Waals surface area contributed by atoms with E-state index >= 15 is 0 Å². The monoisotopic (exact) mass is 253 g/mol. The van der Waals surface area contributed by atoms with E-state index in [0.29, 0.717) is 12.4 Å². The number of dihydropyridines is 1. The maximum absolute atomic E-state index is 11.2. The molecule has 0 aromatic heterocycles. The Kier molecular flexibility index (Phi) is 3.74. The molecule has 0 saturated heterocycles. The van der Waals surface area contributed by atoms with Gasteiger partial charge in [0, 0.05) is 12.2 Å². The SMILES string of the molecule is CC1=CC(C)(C)C([N+](=O)[O-])=C(NCC(C)(C)C)N1. The van der Waals surface area contributed by atoms with Gasteiger partial charge in [-0.2, -0.15) is 0 Å². The molecule has 0 aromatic carbocycles. The molecule has 0 aromatic rings. The fraction of sp³-hybridized carbons (Fsp3) is 0.692. The van der Waals surface area contributed by atoms with Crippen LogP contribution in [0.1, 0.15) is 41.5 Å². The lowest BCUT2D eigenvalue weighted by molar-refractivity contribution is -0.439. The third-order valence-electron chi connectivity index (χ3n) is 2.72. The van der Waals surface area contributed by atoms with Gasteiger partial charge in [-0.15, -0.1) is 0 Å². The molecule has 5 heteroatoms. The Bertz CT molecular complexity index is 414. The van der Waals surface area contributed by atoms with E-state index in [1.165, 1.54) is 0 Å². The molecule has 0 saturated carbocycles.